The van der Waals surface area contributed by atoms with E-state index in [-0.39, 0.29) is 5.41 Å². The van der Waals surface area contributed by atoms with Crippen LogP contribution < -0.4 is 5.32 Å². The molecule has 1 aliphatic rings. The van der Waals surface area contributed by atoms with Crippen LogP contribution >= 0.6 is 0 Å². The van der Waals surface area contributed by atoms with Crippen molar-refractivity contribution in [3.05, 3.63) is 0 Å². The van der Waals surface area contributed by atoms with Gasteiger partial charge in [0.05, 0.1) is 0 Å². The molecule has 1 rings (SSSR count). The van der Waals surface area contributed by atoms with Crippen LogP contribution in [-0.4, -0.2) is 24.2 Å². The molecule has 0 aromatic rings. The summed E-state index contributed by atoms with van der Waals surface area (Å²) in [6.07, 6.45) is 1.30. The first-order chi connectivity index (χ1) is 5.52. The van der Waals surface area contributed by atoms with Gasteiger partial charge in [-0.05, 0) is 24.3 Å². The second-order valence-corrected chi connectivity index (χ2v) is 4.25. The van der Waals surface area contributed by atoms with Crippen LogP contribution in [0.4, 0.5) is 0 Å². The molecular formula is C9H17NO2. The van der Waals surface area contributed by atoms with Gasteiger partial charge in [-0.1, -0.05) is 13.8 Å². The summed E-state index contributed by atoms with van der Waals surface area (Å²) < 4.78 is 0. The second kappa shape index (κ2) is 3.44. The van der Waals surface area contributed by atoms with Gasteiger partial charge in [-0.3, -0.25) is 4.79 Å². The molecule has 1 aliphatic heterocycles. The largest absolute Gasteiger partial charge is 0.481 e. The Morgan fingerprint density at radius 1 is 1.67 bits per heavy atom. The van der Waals surface area contributed by atoms with Crippen molar-refractivity contribution in [2.45, 2.75) is 26.7 Å². The molecule has 12 heavy (non-hydrogen) atoms. The average molecular weight is 171 g/mol. The van der Waals surface area contributed by atoms with Crippen LogP contribution in [0.2, 0.25) is 0 Å². The highest BCUT2D eigenvalue weighted by Crippen LogP contribution is 2.33. The summed E-state index contributed by atoms with van der Waals surface area (Å²) in [7, 11) is 0. The van der Waals surface area contributed by atoms with Crippen molar-refractivity contribution >= 4 is 5.97 Å². The van der Waals surface area contributed by atoms with Gasteiger partial charge >= 0.3 is 5.97 Å². The number of nitrogens with one attached hydrogen (secondary N) is 1. The maximum absolute atomic E-state index is 10.5. The Bertz CT molecular complexity index is 177. The molecule has 1 saturated heterocycles. The van der Waals surface area contributed by atoms with E-state index >= 15 is 0 Å². The highest BCUT2D eigenvalue weighted by Gasteiger charge is 2.33. The van der Waals surface area contributed by atoms with Gasteiger partial charge in [0.1, 0.15) is 0 Å². The third-order valence-corrected chi connectivity index (χ3v) is 2.78. The van der Waals surface area contributed by atoms with E-state index in [4.69, 9.17) is 5.11 Å². The molecule has 1 heterocycles. The standard InChI is InChI=1S/C9H17NO2/c1-9(2)6-10-4-3-7(9)5-8(11)12/h7,10H,3-6H2,1-2H3,(H,11,12)/t7-/m1/s1. The minimum atomic E-state index is -0.671. The molecule has 3 nitrogen and oxygen atoms in total. The zero-order valence-corrected chi connectivity index (χ0v) is 7.76. The van der Waals surface area contributed by atoms with Crippen LogP contribution in [0, 0.1) is 11.3 Å². The summed E-state index contributed by atoms with van der Waals surface area (Å²) >= 11 is 0. The van der Waals surface area contributed by atoms with Gasteiger partial charge in [0.25, 0.3) is 0 Å². The molecule has 0 unspecified atom stereocenters. The Hall–Kier alpha value is -0.570. The Kier molecular flexibility index (Phi) is 2.73. The Balaban J connectivity index is 2.54. The van der Waals surface area contributed by atoms with E-state index in [0.29, 0.717) is 12.3 Å². The van der Waals surface area contributed by atoms with Crippen molar-refractivity contribution in [1.82, 2.24) is 5.32 Å². The number of carboxylic acid groups (broad SMARTS) is 1. The van der Waals surface area contributed by atoms with Gasteiger partial charge in [0, 0.05) is 13.0 Å². The van der Waals surface area contributed by atoms with Gasteiger partial charge in [-0.15, -0.1) is 0 Å². The third-order valence-electron chi connectivity index (χ3n) is 2.78. The molecule has 0 aromatic carbocycles. The third kappa shape index (κ3) is 2.21. The smallest absolute Gasteiger partial charge is 0.303 e. The van der Waals surface area contributed by atoms with E-state index < -0.39 is 5.97 Å². The maximum atomic E-state index is 10.5. The topological polar surface area (TPSA) is 49.3 Å². The lowest BCUT2D eigenvalue weighted by Gasteiger charge is -2.38. The van der Waals surface area contributed by atoms with Crippen LogP contribution in [0.1, 0.15) is 26.7 Å². The quantitative estimate of drug-likeness (QED) is 0.654. The van der Waals surface area contributed by atoms with Crippen molar-refractivity contribution in [3.8, 4) is 0 Å². The van der Waals surface area contributed by atoms with Gasteiger partial charge in [0.15, 0.2) is 0 Å². The molecule has 0 aliphatic carbocycles. The van der Waals surface area contributed by atoms with E-state index in [9.17, 15) is 4.79 Å². The number of aliphatic carboxylic acids is 1. The first kappa shape index (κ1) is 9.52. The number of hydrogen-bond donors (Lipinski definition) is 2. The lowest BCUT2D eigenvalue weighted by Crippen LogP contribution is -2.43. The molecule has 0 spiro atoms. The van der Waals surface area contributed by atoms with Gasteiger partial charge < -0.3 is 10.4 Å². The average Bonchev–Trinajstić information content (AvgIpc) is 1.92. The normalized spacial score (nSPS) is 28.3. The zero-order chi connectivity index (χ0) is 9.19. The molecule has 0 aromatic heterocycles. The van der Waals surface area contributed by atoms with Crippen LogP contribution in [0.5, 0.6) is 0 Å². The number of carbonyl (C=O) groups is 1. The van der Waals surface area contributed by atoms with E-state index in [1.54, 1.807) is 0 Å². The van der Waals surface area contributed by atoms with Gasteiger partial charge in [0.2, 0.25) is 0 Å². The Morgan fingerprint density at radius 3 is 2.83 bits per heavy atom. The van der Waals surface area contributed by atoms with Crippen LogP contribution in [0.15, 0.2) is 0 Å². The molecule has 0 amide bonds. The van der Waals surface area contributed by atoms with Gasteiger partial charge in [-0.25, -0.2) is 0 Å². The Morgan fingerprint density at radius 2 is 2.33 bits per heavy atom. The number of carboxylic acids is 1. The van der Waals surface area contributed by atoms with Crippen molar-refractivity contribution in [3.63, 3.8) is 0 Å². The summed E-state index contributed by atoms with van der Waals surface area (Å²) in [4.78, 5) is 10.5. The molecule has 70 valence electrons. The molecule has 0 saturated carbocycles. The van der Waals surface area contributed by atoms with Crippen molar-refractivity contribution in [2.24, 2.45) is 11.3 Å². The van der Waals surface area contributed by atoms with Gasteiger partial charge in [-0.2, -0.15) is 0 Å². The minimum Gasteiger partial charge on any atom is -0.481 e. The molecule has 0 bridgehead atoms. The Labute approximate surface area is 73.2 Å². The van der Waals surface area contributed by atoms with Crippen LogP contribution in [0.25, 0.3) is 0 Å². The maximum Gasteiger partial charge on any atom is 0.303 e. The van der Waals surface area contributed by atoms with E-state index in [0.717, 1.165) is 19.5 Å². The molecule has 2 N–H and O–H groups in total. The molecule has 0 radical (unpaired) electrons. The first-order valence-corrected chi connectivity index (χ1v) is 4.45. The second-order valence-electron chi connectivity index (χ2n) is 4.25. The fourth-order valence-electron chi connectivity index (χ4n) is 1.81. The van der Waals surface area contributed by atoms with E-state index in [1.807, 2.05) is 0 Å². The van der Waals surface area contributed by atoms with Crippen molar-refractivity contribution in [2.75, 3.05) is 13.1 Å². The monoisotopic (exact) mass is 171 g/mol. The summed E-state index contributed by atoms with van der Waals surface area (Å²) in [5.74, 6) is -0.341. The zero-order valence-electron chi connectivity index (χ0n) is 7.76. The molecule has 1 atom stereocenters. The SMILES string of the molecule is CC1(C)CNCC[C@@H]1CC(=O)O. The summed E-state index contributed by atoms with van der Waals surface area (Å²) in [5, 5.41) is 12.0. The van der Waals surface area contributed by atoms with Crippen molar-refractivity contribution < 1.29 is 9.90 Å². The van der Waals surface area contributed by atoms with Crippen LogP contribution in [0.3, 0.4) is 0 Å². The number of hydrogen-bond acceptors (Lipinski definition) is 2. The van der Waals surface area contributed by atoms with E-state index in [2.05, 4.69) is 19.2 Å². The predicted octanol–water partition coefficient (Wildman–Crippen LogP) is 1.10. The summed E-state index contributed by atoms with van der Waals surface area (Å²) in [6, 6.07) is 0. The molecular weight excluding hydrogens is 154 g/mol. The summed E-state index contributed by atoms with van der Waals surface area (Å²) in [5.41, 5.74) is 0.136. The fraction of sp³-hybridized carbons (Fsp3) is 0.889. The lowest BCUT2D eigenvalue weighted by molar-refractivity contribution is -0.139. The number of piperidine rings is 1. The predicted molar refractivity (Wildman–Crippen MR) is 47.0 cm³/mol. The number of rotatable bonds is 2. The highest BCUT2D eigenvalue weighted by atomic mass is 16.4. The molecule has 3 heteroatoms. The fourth-order valence-corrected chi connectivity index (χ4v) is 1.81. The highest BCUT2D eigenvalue weighted by molar-refractivity contribution is 5.67. The molecule has 1 fully saturated rings. The van der Waals surface area contributed by atoms with Crippen molar-refractivity contribution in [1.29, 1.82) is 0 Å². The lowest BCUT2D eigenvalue weighted by atomic mass is 9.73. The minimum absolute atomic E-state index is 0.136. The van der Waals surface area contributed by atoms with E-state index in [1.165, 1.54) is 0 Å². The summed E-state index contributed by atoms with van der Waals surface area (Å²) in [6.45, 7) is 6.16. The first-order valence-electron chi connectivity index (χ1n) is 4.45. The van der Waals surface area contributed by atoms with Crippen LogP contribution in [-0.2, 0) is 4.79 Å².